The Kier molecular flexibility index (Phi) is 3.62. The molecule has 1 saturated heterocycles. The molecule has 3 heteroatoms. The van der Waals surface area contributed by atoms with E-state index in [0.29, 0.717) is 0 Å². The number of halogens is 1. The van der Waals surface area contributed by atoms with Gasteiger partial charge in [0.2, 0.25) is 0 Å². The molecule has 0 amide bonds. The topological polar surface area (TPSA) is 29.3 Å². The van der Waals surface area contributed by atoms with Crippen molar-refractivity contribution in [3.8, 4) is 0 Å². The minimum Gasteiger partial charge on any atom is -0.399 e. The van der Waals surface area contributed by atoms with Crippen LogP contribution in [0.2, 0.25) is 0 Å². The number of benzene rings is 1. The lowest BCUT2D eigenvalue weighted by molar-refractivity contribution is 0.175. The molecule has 2 unspecified atom stereocenters. The summed E-state index contributed by atoms with van der Waals surface area (Å²) in [4.78, 5) is 2.67. The molecule has 0 radical (unpaired) electrons. The monoisotopic (exact) mass is 308 g/mol. The summed E-state index contributed by atoms with van der Waals surface area (Å²) in [6.07, 6.45) is 7.08. The van der Waals surface area contributed by atoms with Crippen molar-refractivity contribution in [3.63, 3.8) is 0 Å². The van der Waals surface area contributed by atoms with Gasteiger partial charge in [0.05, 0.1) is 0 Å². The summed E-state index contributed by atoms with van der Waals surface area (Å²) in [7, 11) is 0. The number of nitrogen functional groups attached to an aromatic ring is 1. The van der Waals surface area contributed by atoms with Crippen LogP contribution in [0, 0.1) is 5.92 Å². The summed E-state index contributed by atoms with van der Waals surface area (Å²) in [6.45, 7) is 2.31. The molecule has 98 valence electrons. The van der Waals surface area contributed by atoms with Crippen LogP contribution in [-0.4, -0.2) is 17.5 Å². The second kappa shape index (κ2) is 5.22. The third-order valence-electron chi connectivity index (χ3n) is 4.57. The zero-order valence-corrected chi connectivity index (χ0v) is 12.3. The molecule has 1 heterocycles. The molecule has 2 nitrogen and oxygen atoms in total. The summed E-state index contributed by atoms with van der Waals surface area (Å²) in [5.41, 5.74) is 8.10. The highest BCUT2D eigenvalue weighted by Gasteiger charge is 2.35. The van der Waals surface area contributed by atoms with E-state index < -0.39 is 0 Å². The minimum atomic E-state index is 0.826. The third-order valence-corrected chi connectivity index (χ3v) is 5.34. The molecule has 1 aliphatic heterocycles. The molecule has 2 fully saturated rings. The van der Waals surface area contributed by atoms with E-state index in [1.54, 1.807) is 0 Å². The molecule has 0 aromatic heterocycles. The van der Waals surface area contributed by atoms with Crippen molar-refractivity contribution in [3.05, 3.63) is 28.2 Å². The van der Waals surface area contributed by atoms with E-state index in [2.05, 4.69) is 33.0 Å². The van der Waals surface area contributed by atoms with E-state index in [-0.39, 0.29) is 0 Å². The first kappa shape index (κ1) is 12.5. The average Bonchev–Trinajstić information content (AvgIpc) is 2.78. The van der Waals surface area contributed by atoms with Crippen LogP contribution in [0.15, 0.2) is 22.7 Å². The molecule has 2 N–H and O–H groups in total. The van der Waals surface area contributed by atoms with Gasteiger partial charge in [-0.1, -0.05) is 28.8 Å². The summed E-state index contributed by atoms with van der Waals surface area (Å²) < 4.78 is 1.19. The summed E-state index contributed by atoms with van der Waals surface area (Å²) in [5, 5.41) is 0. The molecule has 0 spiro atoms. The lowest BCUT2D eigenvalue weighted by Gasteiger charge is -2.32. The van der Waals surface area contributed by atoms with Crippen LogP contribution in [-0.2, 0) is 6.54 Å². The molecular weight excluding hydrogens is 288 g/mol. The minimum absolute atomic E-state index is 0.826. The Morgan fingerprint density at radius 2 is 2.06 bits per heavy atom. The third kappa shape index (κ3) is 2.43. The van der Waals surface area contributed by atoms with Crippen LogP contribution in [0.3, 0.4) is 0 Å². The predicted molar refractivity (Wildman–Crippen MR) is 79.3 cm³/mol. The van der Waals surface area contributed by atoms with Gasteiger partial charge in [-0.15, -0.1) is 0 Å². The van der Waals surface area contributed by atoms with Crippen molar-refractivity contribution < 1.29 is 0 Å². The van der Waals surface area contributed by atoms with Gasteiger partial charge in [0.15, 0.2) is 0 Å². The van der Waals surface area contributed by atoms with Crippen molar-refractivity contribution >= 4 is 21.6 Å². The molecular formula is C15H21BrN2. The molecule has 1 aliphatic carbocycles. The molecule has 1 saturated carbocycles. The van der Waals surface area contributed by atoms with Gasteiger partial charge in [-0.3, -0.25) is 4.90 Å². The Balaban J connectivity index is 1.74. The van der Waals surface area contributed by atoms with Gasteiger partial charge in [-0.05, 0) is 55.5 Å². The first-order valence-electron chi connectivity index (χ1n) is 7.02. The van der Waals surface area contributed by atoms with Crippen LogP contribution in [0.1, 0.15) is 37.7 Å². The van der Waals surface area contributed by atoms with E-state index in [1.165, 1.54) is 48.7 Å². The second-order valence-electron chi connectivity index (χ2n) is 5.72. The highest BCUT2D eigenvalue weighted by molar-refractivity contribution is 9.10. The number of anilines is 1. The van der Waals surface area contributed by atoms with Crippen molar-refractivity contribution in [2.45, 2.75) is 44.7 Å². The Labute approximate surface area is 118 Å². The van der Waals surface area contributed by atoms with Crippen LogP contribution in [0.4, 0.5) is 5.69 Å². The van der Waals surface area contributed by atoms with Gasteiger partial charge >= 0.3 is 0 Å². The van der Waals surface area contributed by atoms with Crippen LogP contribution in [0.5, 0.6) is 0 Å². The van der Waals surface area contributed by atoms with E-state index in [9.17, 15) is 0 Å². The number of fused-ring (bicyclic) bond motifs is 1. The zero-order valence-electron chi connectivity index (χ0n) is 10.7. The lowest BCUT2D eigenvalue weighted by Crippen LogP contribution is -2.34. The maximum atomic E-state index is 5.89. The summed E-state index contributed by atoms with van der Waals surface area (Å²) in [6, 6.07) is 6.97. The Bertz CT molecular complexity index is 433. The highest BCUT2D eigenvalue weighted by atomic mass is 79.9. The molecule has 18 heavy (non-hydrogen) atoms. The lowest BCUT2D eigenvalue weighted by atomic mass is 9.85. The average molecular weight is 309 g/mol. The van der Waals surface area contributed by atoms with Gasteiger partial charge in [-0.2, -0.15) is 0 Å². The van der Waals surface area contributed by atoms with Crippen molar-refractivity contribution in [2.24, 2.45) is 5.92 Å². The molecule has 1 aromatic rings. The fourth-order valence-electron chi connectivity index (χ4n) is 3.63. The van der Waals surface area contributed by atoms with E-state index in [1.807, 2.05) is 6.07 Å². The zero-order chi connectivity index (χ0) is 12.5. The largest absolute Gasteiger partial charge is 0.399 e. The molecule has 2 atom stereocenters. The number of nitrogens with two attached hydrogens (primary N) is 1. The number of nitrogens with zero attached hydrogens (tertiary/aromatic N) is 1. The maximum absolute atomic E-state index is 5.89. The van der Waals surface area contributed by atoms with Gasteiger partial charge < -0.3 is 5.73 Å². The van der Waals surface area contributed by atoms with Crippen molar-refractivity contribution in [2.75, 3.05) is 12.3 Å². The smallest absolute Gasteiger partial charge is 0.0318 e. The predicted octanol–water partition coefficient (Wildman–Crippen LogP) is 3.80. The highest BCUT2D eigenvalue weighted by Crippen LogP contribution is 2.37. The number of hydrogen-bond donors (Lipinski definition) is 1. The van der Waals surface area contributed by atoms with Crippen molar-refractivity contribution in [1.82, 2.24) is 4.90 Å². The first-order chi connectivity index (χ1) is 8.74. The van der Waals surface area contributed by atoms with Gasteiger partial charge in [0.25, 0.3) is 0 Å². The van der Waals surface area contributed by atoms with Crippen LogP contribution in [0.25, 0.3) is 0 Å². The Morgan fingerprint density at radius 1 is 1.22 bits per heavy atom. The number of hydrogen-bond acceptors (Lipinski definition) is 2. The van der Waals surface area contributed by atoms with Gasteiger partial charge in [-0.25, -0.2) is 0 Å². The Hall–Kier alpha value is -0.540. The second-order valence-corrected chi connectivity index (χ2v) is 6.58. The SMILES string of the molecule is Nc1ccc(Br)c(CN2CCC3CCCCC32)c1. The molecule has 2 aliphatic rings. The van der Waals surface area contributed by atoms with E-state index >= 15 is 0 Å². The number of rotatable bonds is 2. The normalized spacial score (nSPS) is 28.3. The van der Waals surface area contributed by atoms with E-state index in [0.717, 1.165) is 24.2 Å². The molecule has 1 aromatic carbocycles. The fourth-order valence-corrected chi connectivity index (χ4v) is 4.01. The van der Waals surface area contributed by atoms with Gasteiger partial charge in [0.1, 0.15) is 0 Å². The van der Waals surface area contributed by atoms with Crippen LogP contribution >= 0.6 is 15.9 Å². The summed E-state index contributed by atoms with van der Waals surface area (Å²) >= 11 is 3.64. The Morgan fingerprint density at radius 3 is 2.94 bits per heavy atom. The van der Waals surface area contributed by atoms with Gasteiger partial charge in [0, 0.05) is 22.7 Å². The fraction of sp³-hybridized carbons (Fsp3) is 0.600. The van der Waals surface area contributed by atoms with Crippen molar-refractivity contribution in [1.29, 1.82) is 0 Å². The first-order valence-corrected chi connectivity index (χ1v) is 7.81. The maximum Gasteiger partial charge on any atom is 0.0318 e. The summed E-state index contributed by atoms with van der Waals surface area (Å²) in [5.74, 6) is 0.957. The van der Waals surface area contributed by atoms with Crippen LogP contribution < -0.4 is 5.73 Å². The quantitative estimate of drug-likeness (QED) is 0.842. The number of likely N-dealkylation sites (tertiary alicyclic amines) is 1. The molecule has 3 rings (SSSR count). The van der Waals surface area contributed by atoms with E-state index in [4.69, 9.17) is 5.73 Å². The standard InChI is InChI=1S/C15H21BrN2/c16-14-6-5-13(17)9-12(14)10-18-8-7-11-3-1-2-4-15(11)18/h5-6,9,11,15H,1-4,7-8,10,17H2. The molecule has 0 bridgehead atoms.